The third-order valence-corrected chi connectivity index (χ3v) is 4.06. The van der Waals surface area contributed by atoms with Crippen molar-refractivity contribution >= 4 is 5.91 Å². The molecular formula is C13H24N2O. The van der Waals surface area contributed by atoms with E-state index >= 15 is 0 Å². The Labute approximate surface area is 98.2 Å². The number of nitrogens with two attached hydrogens (primary N) is 1. The number of rotatable bonds is 5. The quantitative estimate of drug-likeness (QED) is 0.748. The van der Waals surface area contributed by atoms with Crippen molar-refractivity contribution in [3.8, 4) is 0 Å². The number of carbonyl (C=O) groups is 1. The highest BCUT2D eigenvalue weighted by Gasteiger charge is 2.32. The average Bonchev–Trinajstić information content (AvgIpc) is 2.97. The van der Waals surface area contributed by atoms with Gasteiger partial charge in [0.25, 0.3) is 0 Å². The molecule has 2 rings (SSSR count). The highest BCUT2D eigenvalue weighted by molar-refractivity contribution is 5.80. The Bertz CT molecular complexity index is 250. The lowest BCUT2D eigenvalue weighted by atomic mass is 10.0. The Hall–Kier alpha value is -0.570. The molecule has 0 aromatic rings. The monoisotopic (exact) mass is 224 g/mol. The largest absolute Gasteiger partial charge is 0.353 e. The van der Waals surface area contributed by atoms with Crippen molar-refractivity contribution in [2.75, 3.05) is 0 Å². The SMILES string of the molecule is CCC(CC1CC1)NC(=O)C1CCCC1N. The zero-order valence-corrected chi connectivity index (χ0v) is 10.2. The zero-order chi connectivity index (χ0) is 11.5. The first kappa shape index (κ1) is 11.9. The van der Waals surface area contributed by atoms with Crippen LogP contribution in [0.1, 0.15) is 51.9 Å². The lowest BCUT2D eigenvalue weighted by molar-refractivity contribution is -0.126. The molecule has 16 heavy (non-hydrogen) atoms. The minimum absolute atomic E-state index is 0.0771. The molecule has 3 nitrogen and oxygen atoms in total. The Morgan fingerprint density at radius 3 is 2.62 bits per heavy atom. The van der Waals surface area contributed by atoms with E-state index in [0.29, 0.717) is 6.04 Å². The van der Waals surface area contributed by atoms with Crippen LogP contribution in [0.4, 0.5) is 0 Å². The van der Waals surface area contributed by atoms with Gasteiger partial charge in [-0.1, -0.05) is 26.2 Å². The zero-order valence-electron chi connectivity index (χ0n) is 10.2. The average molecular weight is 224 g/mol. The molecule has 0 aromatic carbocycles. The van der Waals surface area contributed by atoms with Gasteiger partial charge in [-0.25, -0.2) is 0 Å². The van der Waals surface area contributed by atoms with Crippen molar-refractivity contribution in [2.45, 2.75) is 64.0 Å². The summed E-state index contributed by atoms with van der Waals surface area (Å²) >= 11 is 0. The topological polar surface area (TPSA) is 55.1 Å². The maximum atomic E-state index is 12.0. The van der Waals surface area contributed by atoms with Gasteiger partial charge in [0.1, 0.15) is 0 Å². The molecule has 92 valence electrons. The van der Waals surface area contributed by atoms with Crippen molar-refractivity contribution in [1.82, 2.24) is 5.32 Å². The molecule has 3 heteroatoms. The summed E-state index contributed by atoms with van der Waals surface area (Å²) in [6.07, 6.45) is 8.03. The van der Waals surface area contributed by atoms with Crippen LogP contribution in [-0.2, 0) is 4.79 Å². The van der Waals surface area contributed by atoms with E-state index in [-0.39, 0.29) is 17.9 Å². The van der Waals surface area contributed by atoms with Crippen molar-refractivity contribution in [1.29, 1.82) is 0 Å². The van der Waals surface area contributed by atoms with E-state index < -0.39 is 0 Å². The number of amides is 1. The summed E-state index contributed by atoms with van der Waals surface area (Å²) in [5.74, 6) is 1.16. The molecule has 2 aliphatic rings. The molecule has 0 heterocycles. The molecule has 0 radical (unpaired) electrons. The summed E-state index contributed by atoms with van der Waals surface area (Å²) < 4.78 is 0. The second-order valence-corrected chi connectivity index (χ2v) is 5.49. The number of nitrogens with one attached hydrogen (secondary N) is 1. The summed E-state index contributed by atoms with van der Waals surface area (Å²) in [7, 11) is 0. The van der Waals surface area contributed by atoms with Gasteiger partial charge >= 0.3 is 0 Å². The van der Waals surface area contributed by atoms with E-state index in [0.717, 1.165) is 31.6 Å². The molecule has 3 unspecified atom stereocenters. The minimum Gasteiger partial charge on any atom is -0.353 e. The van der Waals surface area contributed by atoms with Gasteiger partial charge in [-0.15, -0.1) is 0 Å². The molecule has 2 saturated carbocycles. The molecule has 2 aliphatic carbocycles. The van der Waals surface area contributed by atoms with Gasteiger partial charge in [-0.05, 0) is 31.6 Å². The Balaban J connectivity index is 1.79. The van der Waals surface area contributed by atoms with E-state index in [1.165, 1.54) is 19.3 Å². The van der Waals surface area contributed by atoms with Crippen molar-refractivity contribution in [3.05, 3.63) is 0 Å². The van der Waals surface area contributed by atoms with Crippen molar-refractivity contribution < 1.29 is 4.79 Å². The Morgan fingerprint density at radius 2 is 2.12 bits per heavy atom. The van der Waals surface area contributed by atoms with Gasteiger partial charge < -0.3 is 11.1 Å². The highest BCUT2D eigenvalue weighted by Crippen LogP contribution is 2.34. The molecule has 2 fully saturated rings. The van der Waals surface area contributed by atoms with E-state index in [1.54, 1.807) is 0 Å². The van der Waals surface area contributed by atoms with Crippen LogP contribution in [0.25, 0.3) is 0 Å². The number of hydrogen-bond donors (Lipinski definition) is 2. The van der Waals surface area contributed by atoms with E-state index in [9.17, 15) is 4.79 Å². The van der Waals surface area contributed by atoms with Crippen LogP contribution >= 0.6 is 0 Å². The molecule has 1 amide bonds. The fourth-order valence-corrected chi connectivity index (χ4v) is 2.71. The lowest BCUT2D eigenvalue weighted by Crippen LogP contribution is -2.43. The second kappa shape index (κ2) is 5.17. The van der Waals surface area contributed by atoms with Crippen LogP contribution in [0.5, 0.6) is 0 Å². The standard InChI is InChI=1S/C13H24N2O/c1-2-10(8-9-6-7-9)15-13(16)11-4-3-5-12(11)14/h9-12H,2-8,14H2,1H3,(H,15,16). The van der Waals surface area contributed by atoms with Gasteiger partial charge in [0.2, 0.25) is 5.91 Å². The number of hydrogen-bond acceptors (Lipinski definition) is 2. The molecule has 0 aliphatic heterocycles. The van der Waals surface area contributed by atoms with Gasteiger partial charge in [-0.2, -0.15) is 0 Å². The molecule has 3 atom stereocenters. The molecule has 0 bridgehead atoms. The second-order valence-electron chi connectivity index (χ2n) is 5.49. The van der Waals surface area contributed by atoms with Gasteiger partial charge in [0, 0.05) is 12.1 Å². The summed E-state index contributed by atoms with van der Waals surface area (Å²) in [4.78, 5) is 12.0. The fraction of sp³-hybridized carbons (Fsp3) is 0.923. The van der Waals surface area contributed by atoms with E-state index in [4.69, 9.17) is 5.73 Å². The highest BCUT2D eigenvalue weighted by atomic mass is 16.2. The first-order valence-electron chi connectivity index (χ1n) is 6.76. The molecule has 3 N–H and O–H groups in total. The van der Waals surface area contributed by atoms with Crippen LogP contribution < -0.4 is 11.1 Å². The molecule has 0 spiro atoms. The van der Waals surface area contributed by atoms with Crippen LogP contribution in [0.3, 0.4) is 0 Å². The Morgan fingerprint density at radius 1 is 1.38 bits per heavy atom. The molecule has 0 saturated heterocycles. The minimum atomic E-state index is 0.0771. The maximum Gasteiger partial charge on any atom is 0.224 e. The number of carbonyl (C=O) groups excluding carboxylic acids is 1. The first-order valence-corrected chi connectivity index (χ1v) is 6.76. The van der Waals surface area contributed by atoms with Gasteiger partial charge in [-0.3, -0.25) is 4.79 Å². The van der Waals surface area contributed by atoms with Crippen LogP contribution in [-0.4, -0.2) is 18.0 Å². The fourth-order valence-electron chi connectivity index (χ4n) is 2.71. The Kier molecular flexibility index (Phi) is 3.85. The van der Waals surface area contributed by atoms with E-state index in [1.807, 2.05) is 0 Å². The normalized spacial score (nSPS) is 31.4. The first-order chi connectivity index (χ1) is 7.70. The van der Waals surface area contributed by atoms with Crippen molar-refractivity contribution in [3.63, 3.8) is 0 Å². The third-order valence-electron chi connectivity index (χ3n) is 4.06. The van der Waals surface area contributed by atoms with Crippen LogP contribution in [0.15, 0.2) is 0 Å². The summed E-state index contributed by atoms with van der Waals surface area (Å²) in [5.41, 5.74) is 5.95. The van der Waals surface area contributed by atoms with Crippen molar-refractivity contribution in [2.24, 2.45) is 17.6 Å². The third kappa shape index (κ3) is 2.97. The van der Waals surface area contributed by atoms with Gasteiger partial charge in [0.05, 0.1) is 5.92 Å². The van der Waals surface area contributed by atoms with Crippen LogP contribution in [0.2, 0.25) is 0 Å². The summed E-state index contributed by atoms with van der Waals surface area (Å²) in [6, 6.07) is 0.478. The maximum absolute atomic E-state index is 12.0. The van der Waals surface area contributed by atoms with E-state index in [2.05, 4.69) is 12.2 Å². The summed E-state index contributed by atoms with van der Waals surface area (Å²) in [6.45, 7) is 2.15. The summed E-state index contributed by atoms with van der Waals surface area (Å²) in [5, 5.41) is 3.19. The predicted molar refractivity (Wildman–Crippen MR) is 64.9 cm³/mol. The molecule has 0 aromatic heterocycles. The molecular weight excluding hydrogens is 200 g/mol. The predicted octanol–water partition coefficient (Wildman–Crippen LogP) is 1.81. The van der Waals surface area contributed by atoms with Crippen LogP contribution in [0, 0.1) is 11.8 Å². The smallest absolute Gasteiger partial charge is 0.224 e. The van der Waals surface area contributed by atoms with Gasteiger partial charge in [0.15, 0.2) is 0 Å². The lowest BCUT2D eigenvalue weighted by Gasteiger charge is -2.21.